The summed E-state index contributed by atoms with van der Waals surface area (Å²) < 4.78 is 12.5. The molecule has 3 fully saturated rings. The van der Waals surface area contributed by atoms with Crippen LogP contribution in [0.4, 0.5) is 0 Å². The number of likely N-dealkylation sites (N-methyl/N-ethyl adjacent to an activating group) is 1. The second-order valence-electron chi connectivity index (χ2n) is 7.65. The number of rotatable bonds is 4. The molecule has 3 nitrogen and oxygen atoms in total. The van der Waals surface area contributed by atoms with Gasteiger partial charge in [-0.1, -0.05) is 26.2 Å². The number of nitrogens with one attached hydrogen (secondary N) is 1. The summed E-state index contributed by atoms with van der Waals surface area (Å²) in [4.78, 5) is 0. The van der Waals surface area contributed by atoms with Crippen LogP contribution < -0.4 is 5.32 Å². The third-order valence-corrected chi connectivity index (χ3v) is 6.10. The number of ether oxygens (including phenoxy) is 2. The van der Waals surface area contributed by atoms with E-state index in [4.69, 9.17) is 9.47 Å². The maximum Gasteiger partial charge on any atom is 0.0810 e. The summed E-state index contributed by atoms with van der Waals surface area (Å²) in [6.07, 6.45) is 11.5. The Morgan fingerprint density at radius 1 is 1.05 bits per heavy atom. The fourth-order valence-electron chi connectivity index (χ4n) is 5.04. The molecule has 1 N–H and O–H groups in total. The van der Waals surface area contributed by atoms with Crippen LogP contribution in [0.15, 0.2) is 0 Å². The largest absolute Gasteiger partial charge is 0.375 e. The van der Waals surface area contributed by atoms with Crippen molar-refractivity contribution in [2.45, 2.75) is 88.9 Å². The normalized spacial score (nSPS) is 37.7. The minimum absolute atomic E-state index is 0.0356. The highest BCUT2D eigenvalue weighted by Crippen LogP contribution is 2.44. The monoisotopic (exact) mass is 295 g/mol. The molecule has 21 heavy (non-hydrogen) atoms. The SMILES string of the molecule is CCNC(C1CCOC2(CCCCC2)C1)C1(C)CCCO1. The highest BCUT2D eigenvalue weighted by molar-refractivity contribution is 5.01. The van der Waals surface area contributed by atoms with Crippen molar-refractivity contribution in [1.82, 2.24) is 5.32 Å². The Hall–Kier alpha value is -0.120. The van der Waals surface area contributed by atoms with Gasteiger partial charge in [-0.2, -0.15) is 0 Å². The second kappa shape index (κ2) is 6.55. The Bertz CT molecular complexity index is 327. The minimum Gasteiger partial charge on any atom is -0.375 e. The van der Waals surface area contributed by atoms with Gasteiger partial charge in [0.1, 0.15) is 0 Å². The third kappa shape index (κ3) is 3.30. The van der Waals surface area contributed by atoms with Gasteiger partial charge in [0.25, 0.3) is 0 Å². The van der Waals surface area contributed by atoms with Crippen LogP contribution in [0.2, 0.25) is 0 Å². The van der Waals surface area contributed by atoms with Crippen LogP contribution in [0.1, 0.15) is 71.6 Å². The average molecular weight is 295 g/mol. The summed E-state index contributed by atoms with van der Waals surface area (Å²) in [5.74, 6) is 0.708. The van der Waals surface area contributed by atoms with E-state index in [1.807, 2.05) is 0 Å². The summed E-state index contributed by atoms with van der Waals surface area (Å²) in [7, 11) is 0. The van der Waals surface area contributed by atoms with Gasteiger partial charge in [-0.05, 0) is 57.9 Å². The van der Waals surface area contributed by atoms with Gasteiger partial charge in [-0.25, -0.2) is 0 Å². The maximum absolute atomic E-state index is 6.29. The van der Waals surface area contributed by atoms with Gasteiger partial charge in [0.15, 0.2) is 0 Å². The van der Waals surface area contributed by atoms with Crippen molar-refractivity contribution in [2.75, 3.05) is 19.8 Å². The summed E-state index contributed by atoms with van der Waals surface area (Å²) in [6.45, 7) is 7.47. The summed E-state index contributed by atoms with van der Waals surface area (Å²) >= 11 is 0. The lowest BCUT2D eigenvalue weighted by Crippen LogP contribution is -2.56. The van der Waals surface area contributed by atoms with Crippen LogP contribution in [0.5, 0.6) is 0 Å². The maximum atomic E-state index is 6.29. The predicted octanol–water partition coefficient (Wildman–Crippen LogP) is 3.66. The highest BCUT2D eigenvalue weighted by atomic mass is 16.5. The van der Waals surface area contributed by atoms with E-state index in [9.17, 15) is 0 Å². The van der Waals surface area contributed by atoms with Crippen molar-refractivity contribution in [3.63, 3.8) is 0 Å². The molecular formula is C18H33NO2. The Kier molecular flexibility index (Phi) is 4.92. The van der Waals surface area contributed by atoms with E-state index < -0.39 is 0 Å². The van der Waals surface area contributed by atoms with E-state index in [2.05, 4.69) is 19.2 Å². The van der Waals surface area contributed by atoms with Crippen molar-refractivity contribution >= 4 is 0 Å². The molecule has 3 rings (SSSR count). The van der Waals surface area contributed by atoms with Gasteiger partial charge < -0.3 is 14.8 Å². The zero-order valence-corrected chi connectivity index (χ0v) is 14.0. The van der Waals surface area contributed by atoms with Crippen molar-refractivity contribution in [1.29, 1.82) is 0 Å². The molecule has 1 aliphatic carbocycles. The van der Waals surface area contributed by atoms with Gasteiger partial charge in [0.2, 0.25) is 0 Å². The van der Waals surface area contributed by atoms with Crippen LogP contribution in [0.25, 0.3) is 0 Å². The van der Waals surface area contributed by atoms with Crippen molar-refractivity contribution in [2.24, 2.45) is 5.92 Å². The molecule has 3 unspecified atom stereocenters. The standard InChI is InChI=1S/C18H33NO2/c1-3-19-16(17(2)9-7-12-20-17)15-8-13-21-18(14-15)10-5-4-6-11-18/h15-16,19H,3-14H2,1-2H3. The Morgan fingerprint density at radius 3 is 2.52 bits per heavy atom. The van der Waals surface area contributed by atoms with Crippen LogP contribution >= 0.6 is 0 Å². The molecule has 3 aliphatic rings. The lowest BCUT2D eigenvalue weighted by atomic mass is 9.71. The van der Waals surface area contributed by atoms with Crippen LogP contribution in [0, 0.1) is 5.92 Å². The lowest BCUT2D eigenvalue weighted by Gasteiger charge is -2.48. The summed E-state index contributed by atoms with van der Waals surface area (Å²) in [6, 6.07) is 0.493. The Morgan fingerprint density at radius 2 is 1.86 bits per heavy atom. The second-order valence-corrected chi connectivity index (χ2v) is 7.65. The Labute approximate surface area is 130 Å². The van der Waals surface area contributed by atoms with Gasteiger partial charge in [0, 0.05) is 19.3 Å². The molecule has 0 bridgehead atoms. The van der Waals surface area contributed by atoms with E-state index in [0.717, 1.165) is 19.8 Å². The van der Waals surface area contributed by atoms with E-state index in [-0.39, 0.29) is 11.2 Å². The van der Waals surface area contributed by atoms with Gasteiger partial charge in [-0.3, -0.25) is 0 Å². The average Bonchev–Trinajstić information content (AvgIpc) is 2.93. The number of hydrogen-bond acceptors (Lipinski definition) is 3. The molecule has 0 aromatic carbocycles. The topological polar surface area (TPSA) is 30.5 Å². The zero-order valence-electron chi connectivity index (χ0n) is 14.0. The molecule has 2 heterocycles. The van der Waals surface area contributed by atoms with E-state index in [0.29, 0.717) is 12.0 Å². The van der Waals surface area contributed by atoms with Crippen molar-refractivity contribution in [3.05, 3.63) is 0 Å². The molecule has 3 heteroatoms. The first-order chi connectivity index (χ1) is 10.2. The van der Waals surface area contributed by atoms with Crippen LogP contribution in [-0.2, 0) is 9.47 Å². The highest BCUT2D eigenvalue weighted by Gasteiger charge is 2.47. The van der Waals surface area contributed by atoms with Gasteiger partial charge >= 0.3 is 0 Å². The first kappa shape index (κ1) is 15.8. The predicted molar refractivity (Wildman–Crippen MR) is 85.5 cm³/mol. The molecule has 2 saturated heterocycles. The Balaban J connectivity index is 1.72. The van der Waals surface area contributed by atoms with Crippen LogP contribution in [0.3, 0.4) is 0 Å². The lowest BCUT2D eigenvalue weighted by molar-refractivity contribution is -0.136. The molecular weight excluding hydrogens is 262 g/mol. The van der Waals surface area contributed by atoms with Gasteiger partial charge in [0.05, 0.1) is 11.2 Å². The molecule has 3 atom stereocenters. The summed E-state index contributed by atoms with van der Waals surface area (Å²) in [5, 5.41) is 3.78. The van der Waals surface area contributed by atoms with Gasteiger partial charge in [-0.15, -0.1) is 0 Å². The molecule has 0 aromatic rings. The molecule has 122 valence electrons. The zero-order chi connectivity index (χ0) is 14.8. The molecule has 1 saturated carbocycles. The minimum atomic E-state index is 0.0356. The van der Waals surface area contributed by atoms with E-state index >= 15 is 0 Å². The van der Waals surface area contributed by atoms with Crippen molar-refractivity contribution in [3.8, 4) is 0 Å². The first-order valence-electron chi connectivity index (χ1n) is 9.19. The third-order valence-electron chi connectivity index (χ3n) is 6.10. The van der Waals surface area contributed by atoms with Crippen LogP contribution in [-0.4, -0.2) is 37.0 Å². The number of hydrogen-bond donors (Lipinski definition) is 1. The fourth-order valence-corrected chi connectivity index (χ4v) is 5.04. The quantitative estimate of drug-likeness (QED) is 0.858. The molecule has 0 radical (unpaired) electrons. The fraction of sp³-hybridized carbons (Fsp3) is 1.00. The van der Waals surface area contributed by atoms with E-state index in [1.54, 1.807) is 0 Å². The molecule has 2 aliphatic heterocycles. The smallest absolute Gasteiger partial charge is 0.0810 e. The first-order valence-corrected chi connectivity index (χ1v) is 9.19. The summed E-state index contributed by atoms with van der Waals surface area (Å²) in [5.41, 5.74) is 0.234. The molecule has 0 amide bonds. The molecule has 0 aromatic heterocycles. The van der Waals surface area contributed by atoms with E-state index in [1.165, 1.54) is 57.8 Å². The van der Waals surface area contributed by atoms with Crippen molar-refractivity contribution < 1.29 is 9.47 Å². The molecule has 1 spiro atoms.